The summed E-state index contributed by atoms with van der Waals surface area (Å²) in [6, 6.07) is 11.7. The van der Waals surface area contributed by atoms with Gasteiger partial charge in [-0.25, -0.2) is 18.2 Å². The minimum Gasteiger partial charge on any atom is -0.384 e. The summed E-state index contributed by atoms with van der Waals surface area (Å²) in [5.41, 5.74) is 0.958. The van der Waals surface area contributed by atoms with Crippen molar-refractivity contribution in [3.63, 3.8) is 0 Å². The van der Waals surface area contributed by atoms with E-state index in [4.69, 9.17) is 4.98 Å². The number of imidazole rings is 1. The molecule has 14 heteroatoms. The van der Waals surface area contributed by atoms with Crippen molar-refractivity contribution >= 4 is 23.6 Å². The highest BCUT2D eigenvalue weighted by Crippen LogP contribution is 2.39. The van der Waals surface area contributed by atoms with Crippen LogP contribution in [0.15, 0.2) is 66.9 Å². The van der Waals surface area contributed by atoms with Crippen LogP contribution in [-0.4, -0.2) is 105 Å². The molecule has 4 amide bonds. The summed E-state index contributed by atoms with van der Waals surface area (Å²) >= 11 is 0. The van der Waals surface area contributed by atoms with E-state index in [2.05, 4.69) is 5.32 Å². The zero-order valence-electron chi connectivity index (χ0n) is 28.3. The second-order valence-corrected chi connectivity index (χ2v) is 13.4. The molecule has 3 aliphatic heterocycles. The molecule has 1 aromatic heterocycles. The molecule has 0 bridgehead atoms. The van der Waals surface area contributed by atoms with Gasteiger partial charge in [0.05, 0.1) is 11.7 Å². The first-order valence-electron chi connectivity index (χ1n) is 17.2. The number of hydrogen-bond donors (Lipinski definition) is 2. The average molecular weight is 707 g/mol. The Morgan fingerprint density at radius 1 is 1.04 bits per heavy atom. The van der Waals surface area contributed by atoms with Gasteiger partial charge in [-0.2, -0.15) is 0 Å². The maximum absolute atomic E-state index is 15.2. The number of aliphatic hydroxyl groups is 1. The van der Waals surface area contributed by atoms with Gasteiger partial charge >= 0.3 is 0 Å². The number of nitrogens with one attached hydrogen (secondary N) is 1. The van der Waals surface area contributed by atoms with E-state index in [1.165, 1.54) is 24.0 Å². The van der Waals surface area contributed by atoms with Crippen LogP contribution in [0, 0.1) is 23.5 Å². The topological polar surface area (TPSA) is 128 Å². The highest BCUT2D eigenvalue weighted by atomic mass is 19.1. The predicted molar refractivity (Wildman–Crippen MR) is 180 cm³/mol. The number of aliphatic hydroxyl groups excluding tert-OH is 1. The van der Waals surface area contributed by atoms with Crippen molar-refractivity contribution in [3.05, 3.63) is 89.9 Å². The first-order chi connectivity index (χ1) is 24.5. The molecule has 4 heterocycles. The van der Waals surface area contributed by atoms with Gasteiger partial charge < -0.3 is 24.8 Å². The van der Waals surface area contributed by atoms with Crippen LogP contribution in [-0.2, 0) is 25.7 Å². The molecule has 2 saturated heterocycles. The predicted octanol–water partition coefficient (Wildman–Crippen LogP) is 3.24. The Hall–Kier alpha value is -4.82. The summed E-state index contributed by atoms with van der Waals surface area (Å²) in [6.45, 7) is 2.57. The van der Waals surface area contributed by atoms with Crippen molar-refractivity contribution in [2.75, 3.05) is 39.3 Å². The number of aromatic nitrogens is 2. The van der Waals surface area contributed by atoms with Crippen LogP contribution in [0.4, 0.5) is 13.2 Å². The average Bonchev–Trinajstić information content (AvgIpc) is 3.82. The lowest BCUT2D eigenvalue weighted by Crippen LogP contribution is -2.50. The zero-order valence-corrected chi connectivity index (χ0v) is 28.3. The van der Waals surface area contributed by atoms with Crippen molar-refractivity contribution in [3.8, 4) is 11.3 Å². The molecule has 0 aliphatic carbocycles. The maximum Gasteiger partial charge on any atom is 0.253 e. The van der Waals surface area contributed by atoms with E-state index in [1.807, 2.05) is 30.3 Å². The van der Waals surface area contributed by atoms with Gasteiger partial charge in [0.1, 0.15) is 29.7 Å². The van der Waals surface area contributed by atoms with Crippen molar-refractivity contribution in [2.45, 2.75) is 51.0 Å². The molecule has 11 nitrogen and oxygen atoms in total. The summed E-state index contributed by atoms with van der Waals surface area (Å²) in [4.78, 5) is 60.1. The molecule has 270 valence electrons. The molecular formula is C37H41F3N6O5. The van der Waals surface area contributed by atoms with Crippen LogP contribution in [0.1, 0.15) is 43.6 Å². The summed E-state index contributed by atoms with van der Waals surface area (Å²) in [7, 11) is 0. The molecule has 4 atom stereocenters. The molecule has 2 N–H and O–H groups in total. The van der Waals surface area contributed by atoms with Crippen LogP contribution < -0.4 is 5.32 Å². The molecule has 0 radical (unpaired) electrons. The van der Waals surface area contributed by atoms with Gasteiger partial charge in [0.2, 0.25) is 5.91 Å². The third-order valence-corrected chi connectivity index (χ3v) is 9.93. The molecule has 2 aromatic carbocycles. The number of carbonyl (C=O) groups is 4. The van der Waals surface area contributed by atoms with E-state index < -0.39 is 53.6 Å². The molecule has 3 aromatic rings. The Morgan fingerprint density at radius 2 is 1.75 bits per heavy atom. The molecule has 6 rings (SSSR count). The molecule has 0 saturated carbocycles. The van der Waals surface area contributed by atoms with Gasteiger partial charge in [0.25, 0.3) is 17.7 Å². The van der Waals surface area contributed by atoms with Crippen LogP contribution >= 0.6 is 0 Å². The lowest BCUT2D eigenvalue weighted by Gasteiger charge is -2.42. The minimum atomic E-state index is -1.43. The van der Waals surface area contributed by atoms with Crippen molar-refractivity contribution in [1.29, 1.82) is 0 Å². The molecule has 0 spiro atoms. The van der Waals surface area contributed by atoms with Crippen LogP contribution in [0.5, 0.6) is 0 Å². The lowest BCUT2D eigenvalue weighted by molar-refractivity contribution is -0.146. The number of halogens is 3. The summed E-state index contributed by atoms with van der Waals surface area (Å²) in [6.07, 6.45) is 2.03. The number of amides is 4. The highest BCUT2D eigenvalue weighted by Gasteiger charge is 2.42. The van der Waals surface area contributed by atoms with Gasteiger partial charge in [0.15, 0.2) is 0 Å². The molecule has 2 fully saturated rings. The van der Waals surface area contributed by atoms with Gasteiger partial charge in [-0.3, -0.25) is 24.1 Å². The number of rotatable bonds is 12. The van der Waals surface area contributed by atoms with Crippen molar-refractivity contribution < 1.29 is 37.5 Å². The molecule has 3 aliphatic rings. The third-order valence-electron chi connectivity index (χ3n) is 9.93. The number of likely N-dealkylation sites (tertiary alicyclic amines) is 1. The summed E-state index contributed by atoms with van der Waals surface area (Å²) < 4.78 is 46.5. The number of piperidine rings is 1. The largest absolute Gasteiger partial charge is 0.384 e. The fourth-order valence-electron chi connectivity index (χ4n) is 7.20. The first kappa shape index (κ1) is 36.0. The third kappa shape index (κ3) is 8.07. The van der Waals surface area contributed by atoms with E-state index >= 15 is 8.78 Å². The number of alkyl halides is 1. The number of carbonyl (C=O) groups excluding carboxylic acids is 4. The zero-order chi connectivity index (χ0) is 36.2. The highest BCUT2D eigenvalue weighted by molar-refractivity contribution is 6.13. The number of imide groups is 1. The van der Waals surface area contributed by atoms with Gasteiger partial charge in [-0.1, -0.05) is 30.3 Å². The van der Waals surface area contributed by atoms with E-state index in [9.17, 15) is 28.7 Å². The van der Waals surface area contributed by atoms with Crippen LogP contribution in [0.2, 0.25) is 0 Å². The second-order valence-electron chi connectivity index (χ2n) is 13.4. The second kappa shape index (κ2) is 15.6. The van der Waals surface area contributed by atoms with Gasteiger partial charge in [-0.15, -0.1) is 0 Å². The number of hydrogen-bond acceptors (Lipinski definition) is 7. The summed E-state index contributed by atoms with van der Waals surface area (Å²) in [5.74, 6) is -3.67. The Balaban J connectivity index is 1.36. The number of nitrogens with zero attached hydrogens (tertiary/aromatic N) is 5. The Bertz CT molecular complexity index is 1770. The quantitative estimate of drug-likeness (QED) is 0.277. The molecular weight excluding hydrogens is 665 g/mol. The standard InChI is InChI=1S/C37H41F3N6O5/c1-23(47)37(51)46(21-26-18-41-19-30(26)40)35(25-11-14-43(15-12-25)32(48)13-16-45-33(49)9-10-34(45)50)36-42-31(28-17-27(38)7-8-29(28)39)22-44(36)20-24-5-3-2-4-6-24/h2-10,17,22-23,25-26,30,35,41,47H,11-16,18-21H2,1H3/t23-,26-,30-,35+/m0/s1. The van der Waals surface area contributed by atoms with E-state index in [0.29, 0.717) is 38.3 Å². The number of benzene rings is 2. The van der Waals surface area contributed by atoms with E-state index in [-0.39, 0.29) is 55.7 Å². The SMILES string of the molecule is C[C@H](O)C(=O)N(C[C@@H]1CNC[C@@H]1F)[C@@H](c1nc(-c2cc(F)ccc2F)cn1Cc1ccccc1)C1CCN(C(=O)CCN2C(=O)C=CC2=O)CC1. The van der Waals surface area contributed by atoms with Crippen LogP contribution in [0.3, 0.4) is 0 Å². The maximum atomic E-state index is 15.2. The van der Waals surface area contributed by atoms with Crippen molar-refractivity contribution in [2.24, 2.45) is 11.8 Å². The molecule has 51 heavy (non-hydrogen) atoms. The fourth-order valence-corrected chi connectivity index (χ4v) is 7.20. The smallest absolute Gasteiger partial charge is 0.253 e. The lowest BCUT2D eigenvalue weighted by atomic mass is 9.86. The monoisotopic (exact) mass is 706 g/mol. The van der Waals surface area contributed by atoms with Gasteiger partial charge in [-0.05, 0) is 49.4 Å². The van der Waals surface area contributed by atoms with Gasteiger partial charge in [0, 0.05) is 82.1 Å². The molecule has 0 unspecified atom stereocenters. The first-order valence-corrected chi connectivity index (χ1v) is 17.2. The Kier molecular flexibility index (Phi) is 11.0. The minimum absolute atomic E-state index is 0.0322. The van der Waals surface area contributed by atoms with E-state index in [1.54, 1.807) is 15.7 Å². The Labute approximate surface area is 293 Å². The fraction of sp³-hybridized carbons (Fsp3) is 0.432. The van der Waals surface area contributed by atoms with E-state index in [0.717, 1.165) is 28.7 Å². The Morgan fingerprint density at radius 3 is 2.39 bits per heavy atom. The summed E-state index contributed by atoms with van der Waals surface area (Å²) in [5, 5.41) is 13.7. The van der Waals surface area contributed by atoms with Crippen molar-refractivity contribution in [1.82, 2.24) is 29.6 Å². The normalized spacial score (nSPS) is 20.6. The van der Waals surface area contributed by atoms with Crippen LogP contribution in [0.25, 0.3) is 11.3 Å².